The van der Waals surface area contributed by atoms with Crippen molar-refractivity contribution in [1.82, 2.24) is 0 Å². The lowest BCUT2D eigenvalue weighted by Crippen LogP contribution is -2.06. The Morgan fingerprint density at radius 2 is 1.79 bits per heavy atom. The molecule has 1 aromatic carbocycles. The third-order valence-electron chi connectivity index (χ3n) is 2.96. The topological polar surface area (TPSA) is 46.2 Å². The van der Waals surface area contributed by atoms with Gasteiger partial charge in [0.25, 0.3) is 0 Å². The zero-order valence-corrected chi connectivity index (χ0v) is 12.8. The number of sulfone groups is 1. The molecule has 102 valence electrons. The van der Waals surface area contributed by atoms with Gasteiger partial charge in [-0.2, -0.15) is 0 Å². The summed E-state index contributed by atoms with van der Waals surface area (Å²) < 4.78 is 22.8. The smallest absolute Gasteiger partial charge is 0.175 e. The van der Waals surface area contributed by atoms with Crippen molar-refractivity contribution >= 4 is 26.9 Å². The van der Waals surface area contributed by atoms with Gasteiger partial charge in [0.05, 0.1) is 10.9 Å². The third kappa shape index (κ3) is 3.36. The molecule has 0 aliphatic rings. The van der Waals surface area contributed by atoms with Crippen LogP contribution in [0.25, 0.3) is 0 Å². The van der Waals surface area contributed by atoms with Crippen LogP contribution in [0.3, 0.4) is 0 Å². The molecule has 0 aliphatic heterocycles. The van der Waals surface area contributed by atoms with Crippen molar-refractivity contribution in [3.63, 3.8) is 0 Å². The first-order chi connectivity index (χ1) is 8.88. The van der Waals surface area contributed by atoms with Gasteiger partial charge in [-0.3, -0.25) is 0 Å². The third-order valence-corrected chi connectivity index (χ3v) is 5.29. The van der Waals surface area contributed by atoms with Crippen molar-refractivity contribution in [2.45, 2.75) is 24.8 Å². The highest BCUT2D eigenvalue weighted by Gasteiger charge is 2.10. The van der Waals surface area contributed by atoms with Gasteiger partial charge < -0.3 is 5.32 Å². The Bertz CT molecular complexity index is 657. The second kappa shape index (κ2) is 5.35. The summed E-state index contributed by atoms with van der Waals surface area (Å²) in [6.45, 7) is 4.19. The number of hydrogen-bond acceptors (Lipinski definition) is 4. The van der Waals surface area contributed by atoms with Crippen molar-refractivity contribution in [3.05, 3.63) is 46.2 Å². The lowest BCUT2D eigenvalue weighted by atomic mass is 10.2. The number of thiophene rings is 1. The zero-order valence-electron chi connectivity index (χ0n) is 11.2. The van der Waals surface area contributed by atoms with Crippen molar-refractivity contribution in [3.8, 4) is 0 Å². The standard InChI is InChI=1S/C14H17NO2S2/c1-10-8-9-18-14(10)11(2)15-12-4-6-13(7-5-12)19(3,16)17/h4-9,11,15H,1-3H3. The van der Waals surface area contributed by atoms with Gasteiger partial charge in [0.1, 0.15) is 0 Å². The number of benzene rings is 1. The Kier molecular flexibility index (Phi) is 3.96. The maximum atomic E-state index is 11.4. The van der Waals surface area contributed by atoms with Gasteiger partial charge in [0.15, 0.2) is 9.84 Å². The molecule has 0 aliphatic carbocycles. The summed E-state index contributed by atoms with van der Waals surface area (Å²) in [6, 6.07) is 9.18. The summed E-state index contributed by atoms with van der Waals surface area (Å²) >= 11 is 1.73. The van der Waals surface area contributed by atoms with E-state index in [1.807, 2.05) is 0 Å². The highest BCUT2D eigenvalue weighted by Crippen LogP contribution is 2.27. The molecular weight excluding hydrogens is 278 g/mol. The predicted molar refractivity (Wildman–Crippen MR) is 80.6 cm³/mol. The average Bonchev–Trinajstić information content (AvgIpc) is 2.75. The summed E-state index contributed by atoms with van der Waals surface area (Å²) in [4.78, 5) is 1.64. The van der Waals surface area contributed by atoms with Crippen LogP contribution < -0.4 is 5.32 Å². The molecule has 0 amide bonds. The van der Waals surface area contributed by atoms with Crippen LogP contribution in [0.1, 0.15) is 23.4 Å². The quantitative estimate of drug-likeness (QED) is 0.937. The second-order valence-corrected chi connectivity index (χ2v) is 7.59. The van der Waals surface area contributed by atoms with E-state index < -0.39 is 9.84 Å². The molecule has 3 nitrogen and oxygen atoms in total. The van der Waals surface area contributed by atoms with E-state index in [2.05, 4.69) is 30.6 Å². The van der Waals surface area contributed by atoms with Crippen molar-refractivity contribution in [1.29, 1.82) is 0 Å². The fraction of sp³-hybridized carbons (Fsp3) is 0.286. The summed E-state index contributed by atoms with van der Waals surface area (Å²) in [5, 5.41) is 5.46. The Hall–Kier alpha value is -1.33. The van der Waals surface area contributed by atoms with E-state index in [1.165, 1.54) is 16.7 Å². The second-order valence-electron chi connectivity index (χ2n) is 4.63. The number of aryl methyl sites for hydroxylation is 1. The predicted octanol–water partition coefficient (Wildman–Crippen LogP) is 3.63. The van der Waals surface area contributed by atoms with E-state index in [0.717, 1.165) is 5.69 Å². The Labute approximate surface area is 118 Å². The minimum Gasteiger partial charge on any atom is -0.378 e. The van der Waals surface area contributed by atoms with Crippen LogP contribution in [0.2, 0.25) is 0 Å². The first kappa shape index (κ1) is 14.1. The number of anilines is 1. The molecule has 0 saturated carbocycles. The lowest BCUT2D eigenvalue weighted by molar-refractivity contribution is 0.602. The molecule has 2 rings (SSSR count). The number of nitrogens with one attached hydrogen (secondary N) is 1. The zero-order chi connectivity index (χ0) is 14.0. The van der Waals surface area contributed by atoms with Gasteiger partial charge in [-0.15, -0.1) is 11.3 Å². The van der Waals surface area contributed by atoms with E-state index in [1.54, 1.807) is 35.6 Å². The van der Waals surface area contributed by atoms with Crippen LogP contribution in [-0.4, -0.2) is 14.7 Å². The molecule has 1 atom stereocenters. The summed E-state index contributed by atoms with van der Waals surface area (Å²) in [5.74, 6) is 0. The molecule has 1 N–H and O–H groups in total. The molecule has 5 heteroatoms. The summed E-state index contributed by atoms with van der Waals surface area (Å²) in [7, 11) is -3.12. The average molecular weight is 295 g/mol. The van der Waals surface area contributed by atoms with Gasteiger partial charge >= 0.3 is 0 Å². The van der Waals surface area contributed by atoms with E-state index >= 15 is 0 Å². The van der Waals surface area contributed by atoms with Crippen LogP contribution in [-0.2, 0) is 9.84 Å². The van der Waals surface area contributed by atoms with Gasteiger partial charge in [-0.1, -0.05) is 0 Å². The Morgan fingerprint density at radius 3 is 2.26 bits per heavy atom. The lowest BCUT2D eigenvalue weighted by Gasteiger charge is -2.15. The molecular formula is C14H17NO2S2. The largest absolute Gasteiger partial charge is 0.378 e. The van der Waals surface area contributed by atoms with Crippen molar-refractivity contribution < 1.29 is 8.42 Å². The minimum atomic E-state index is -3.12. The molecule has 2 aromatic rings. The number of rotatable bonds is 4. The van der Waals surface area contributed by atoms with Gasteiger partial charge in [0, 0.05) is 16.8 Å². The minimum absolute atomic E-state index is 0.212. The first-order valence-electron chi connectivity index (χ1n) is 5.98. The fourth-order valence-electron chi connectivity index (χ4n) is 1.94. The molecule has 1 unspecified atom stereocenters. The highest BCUT2D eigenvalue weighted by atomic mass is 32.2. The van der Waals surface area contributed by atoms with E-state index in [-0.39, 0.29) is 6.04 Å². The van der Waals surface area contributed by atoms with Gasteiger partial charge in [-0.05, 0) is 55.1 Å². The molecule has 1 heterocycles. The van der Waals surface area contributed by atoms with E-state index in [9.17, 15) is 8.42 Å². The maximum absolute atomic E-state index is 11.4. The van der Waals surface area contributed by atoms with Crippen molar-refractivity contribution in [2.24, 2.45) is 0 Å². The Morgan fingerprint density at radius 1 is 1.16 bits per heavy atom. The fourth-order valence-corrected chi connectivity index (χ4v) is 3.51. The van der Waals surface area contributed by atoms with E-state index in [4.69, 9.17) is 0 Å². The molecule has 1 aromatic heterocycles. The summed E-state index contributed by atoms with van der Waals surface area (Å²) in [5.41, 5.74) is 2.20. The molecule has 0 radical (unpaired) electrons. The first-order valence-corrected chi connectivity index (χ1v) is 8.75. The highest BCUT2D eigenvalue weighted by molar-refractivity contribution is 7.90. The molecule has 0 saturated heterocycles. The van der Waals surface area contributed by atoms with Gasteiger partial charge in [-0.25, -0.2) is 8.42 Å². The summed E-state index contributed by atoms with van der Waals surface area (Å²) in [6.07, 6.45) is 1.22. The van der Waals surface area contributed by atoms with Gasteiger partial charge in [0.2, 0.25) is 0 Å². The molecule has 19 heavy (non-hydrogen) atoms. The SMILES string of the molecule is Cc1ccsc1C(C)Nc1ccc(S(C)(=O)=O)cc1. The van der Waals surface area contributed by atoms with Crippen LogP contribution in [0, 0.1) is 6.92 Å². The molecule has 0 bridgehead atoms. The van der Waals surface area contributed by atoms with Crippen LogP contribution in [0.15, 0.2) is 40.6 Å². The van der Waals surface area contributed by atoms with Crippen LogP contribution in [0.4, 0.5) is 5.69 Å². The molecule has 0 spiro atoms. The Balaban J connectivity index is 2.14. The number of hydrogen-bond donors (Lipinski definition) is 1. The van der Waals surface area contributed by atoms with Crippen molar-refractivity contribution in [2.75, 3.05) is 11.6 Å². The van der Waals surface area contributed by atoms with E-state index in [0.29, 0.717) is 4.90 Å². The monoisotopic (exact) mass is 295 g/mol. The normalized spacial score (nSPS) is 13.2. The molecule has 0 fully saturated rings. The maximum Gasteiger partial charge on any atom is 0.175 e. The van der Waals surface area contributed by atoms with Crippen LogP contribution in [0.5, 0.6) is 0 Å². The van der Waals surface area contributed by atoms with Crippen LogP contribution >= 0.6 is 11.3 Å².